The summed E-state index contributed by atoms with van der Waals surface area (Å²) in [5.74, 6) is 0.721. The van der Waals surface area contributed by atoms with Crippen molar-refractivity contribution in [3.63, 3.8) is 0 Å². The normalized spacial score (nSPS) is 20.1. The van der Waals surface area contributed by atoms with E-state index in [1.807, 2.05) is 11.8 Å². The molecule has 3 heterocycles. The van der Waals surface area contributed by atoms with E-state index in [1.165, 1.54) is 17.7 Å². The molecule has 118 valence electrons. The van der Waals surface area contributed by atoms with Gasteiger partial charge in [0.25, 0.3) is 5.91 Å². The molecule has 0 aromatic carbocycles. The van der Waals surface area contributed by atoms with E-state index in [1.54, 1.807) is 6.92 Å². The number of H-pyrrole nitrogens is 1. The van der Waals surface area contributed by atoms with Gasteiger partial charge in [-0.05, 0) is 26.7 Å². The molecule has 22 heavy (non-hydrogen) atoms. The van der Waals surface area contributed by atoms with Gasteiger partial charge in [0.15, 0.2) is 10.8 Å². The van der Waals surface area contributed by atoms with Crippen molar-refractivity contribution < 1.29 is 9.90 Å². The summed E-state index contributed by atoms with van der Waals surface area (Å²) >= 11 is 1.33. The third-order valence-corrected chi connectivity index (χ3v) is 5.19. The van der Waals surface area contributed by atoms with Crippen molar-refractivity contribution in [3.05, 3.63) is 16.9 Å². The lowest BCUT2D eigenvalue weighted by molar-refractivity contribution is 0.0469. The van der Waals surface area contributed by atoms with Crippen LogP contribution < -0.4 is 0 Å². The van der Waals surface area contributed by atoms with E-state index >= 15 is 0 Å². The highest BCUT2D eigenvalue weighted by molar-refractivity contribution is 7.17. The van der Waals surface area contributed by atoms with E-state index < -0.39 is 0 Å². The number of hydrogen-bond donors (Lipinski definition) is 2. The zero-order chi connectivity index (χ0) is 15.7. The van der Waals surface area contributed by atoms with Gasteiger partial charge in [0, 0.05) is 19.0 Å². The lowest BCUT2D eigenvalue weighted by atomic mass is 9.93. The van der Waals surface area contributed by atoms with Crippen molar-refractivity contribution in [2.75, 3.05) is 13.1 Å². The monoisotopic (exact) mass is 321 g/mol. The molecule has 0 saturated carbocycles. The Morgan fingerprint density at radius 3 is 3.09 bits per heavy atom. The Hall–Kier alpha value is -1.80. The van der Waals surface area contributed by atoms with Crippen LogP contribution in [0.2, 0.25) is 0 Å². The second kappa shape index (κ2) is 6.13. The quantitative estimate of drug-likeness (QED) is 0.892. The lowest BCUT2D eigenvalue weighted by Gasteiger charge is -2.34. The first-order chi connectivity index (χ1) is 10.6. The van der Waals surface area contributed by atoms with Crippen LogP contribution in [0.3, 0.4) is 0 Å². The molecule has 0 bridgehead atoms. The molecule has 2 atom stereocenters. The Balaban J connectivity index is 1.80. The summed E-state index contributed by atoms with van der Waals surface area (Å²) in [5, 5.41) is 17.0. The summed E-state index contributed by atoms with van der Waals surface area (Å²) in [6, 6.07) is 0. The summed E-state index contributed by atoms with van der Waals surface area (Å²) in [7, 11) is 0. The first-order valence-electron chi connectivity index (χ1n) is 7.36. The zero-order valence-electron chi connectivity index (χ0n) is 12.6. The first-order valence-corrected chi connectivity index (χ1v) is 8.18. The van der Waals surface area contributed by atoms with Gasteiger partial charge in [0.2, 0.25) is 0 Å². The fourth-order valence-corrected chi connectivity index (χ4v) is 3.72. The fraction of sp³-hybridized carbons (Fsp3) is 0.571. The maximum absolute atomic E-state index is 12.7. The second-order valence-corrected chi connectivity index (χ2v) is 6.66. The van der Waals surface area contributed by atoms with Gasteiger partial charge in [-0.25, -0.2) is 9.97 Å². The van der Waals surface area contributed by atoms with Crippen molar-refractivity contribution >= 4 is 17.2 Å². The summed E-state index contributed by atoms with van der Waals surface area (Å²) in [4.78, 5) is 23.7. The molecule has 1 aliphatic heterocycles. The summed E-state index contributed by atoms with van der Waals surface area (Å²) in [6.45, 7) is 4.96. The van der Waals surface area contributed by atoms with Crippen LogP contribution in [0.1, 0.15) is 35.1 Å². The van der Waals surface area contributed by atoms with Gasteiger partial charge in [-0.15, -0.1) is 11.3 Å². The Kier molecular flexibility index (Phi) is 4.21. The average Bonchev–Trinajstić information content (AvgIpc) is 3.16. The van der Waals surface area contributed by atoms with Crippen LogP contribution in [0.15, 0.2) is 6.33 Å². The highest BCUT2D eigenvalue weighted by atomic mass is 32.1. The molecule has 1 aliphatic rings. The molecular weight excluding hydrogens is 302 g/mol. The van der Waals surface area contributed by atoms with Gasteiger partial charge in [0.05, 0.1) is 11.8 Å². The predicted molar refractivity (Wildman–Crippen MR) is 82.5 cm³/mol. The number of aromatic amines is 1. The number of aromatic nitrogens is 4. The maximum Gasteiger partial charge on any atom is 0.265 e. The molecule has 1 saturated heterocycles. The van der Waals surface area contributed by atoms with Crippen LogP contribution >= 0.6 is 11.3 Å². The highest BCUT2D eigenvalue weighted by Crippen LogP contribution is 2.28. The standard InChI is InChI=1S/C14H19N5O2S/c1-8-11(22-13(17-8)12-15-7-16-18-12)14(21)19-5-3-4-10(6-19)9(2)20/h7,9-10,20H,3-6H2,1-2H3,(H,15,16,18). The Labute approximate surface area is 132 Å². The number of nitrogens with zero attached hydrogens (tertiary/aromatic N) is 4. The van der Waals surface area contributed by atoms with Gasteiger partial charge in [-0.2, -0.15) is 5.10 Å². The molecule has 3 rings (SSSR count). The Morgan fingerprint density at radius 2 is 2.41 bits per heavy atom. The van der Waals surface area contributed by atoms with Gasteiger partial charge in [-0.1, -0.05) is 0 Å². The molecule has 1 fully saturated rings. The molecular formula is C14H19N5O2S. The van der Waals surface area contributed by atoms with Crippen molar-refractivity contribution in [1.29, 1.82) is 0 Å². The van der Waals surface area contributed by atoms with Gasteiger partial charge in [0.1, 0.15) is 11.2 Å². The number of piperidine rings is 1. The third kappa shape index (κ3) is 2.89. The molecule has 2 aromatic heterocycles. The van der Waals surface area contributed by atoms with Crippen LogP contribution in [-0.2, 0) is 0 Å². The zero-order valence-corrected chi connectivity index (χ0v) is 13.4. The summed E-state index contributed by atoms with van der Waals surface area (Å²) in [5.41, 5.74) is 0.709. The number of carbonyl (C=O) groups is 1. The van der Waals surface area contributed by atoms with E-state index in [4.69, 9.17) is 0 Å². The predicted octanol–water partition coefficient (Wildman–Crippen LogP) is 1.47. The number of hydrogen-bond acceptors (Lipinski definition) is 6. The van der Waals surface area contributed by atoms with Crippen molar-refractivity contribution in [2.24, 2.45) is 5.92 Å². The summed E-state index contributed by atoms with van der Waals surface area (Å²) < 4.78 is 0. The minimum Gasteiger partial charge on any atom is -0.393 e. The number of aryl methyl sites for hydroxylation is 1. The second-order valence-electron chi connectivity index (χ2n) is 5.66. The average molecular weight is 321 g/mol. The number of likely N-dealkylation sites (tertiary alicyclic amines) is 1. The Morgan fingerprint density at radius 1 is 1.59 bits per heavy atom. The van der Waals surface area contributed by atoms with E-state index in [-0.39, 0.29) is 17.9 Å². The van der Waals surface area contributed by atoms with Crippen molar-refractivity contribution in [1.82, 2.24) is 25.1 Å². The van der Waals surface area contributed by atoms with Crippen LogP contribution in [0.4, 0.5) is 0 Å². The number of rotatable bonds is 3. The number of amides is 1. The van der Waals surface area contributed by atoms with Gasteiger partial charge >= 0.3 is 0 Å². The number of aliphatic hydroxyl groups is 1. The molecule has 2 aromatic rings. The molecule has 0 aliphatic carbocycles. The SMILES string of the molecule is Cc1nc(-c2ncn[nH]2)sc1C(=O)N1CCCC(C(C)O)C1. The third-order valence-electron chi connectivity index (χ3n) is 4.04. The topological polar surface area (TPSA) is 95.0 Å². The minimum absolute atomic E-state index is 0.00823. The van der Waals surface area contributed by atoms with Crippen LogP contribution in [0, 0.1) is 12.8 Å². The van der Waals surface area contributed by atoms with Crippen molar-refractivity contribution in [2.45, 2.75) is 32.8 Å². The number of nitrogens with one attached hydrogen (secondary N) is 1. The molecule has 2 unspecified atom stereocenters. The number of aliphatic hydroxyl groups excluding tert-OH is 1. The molecule has 0 radical (unpaired) electrons. The van der Waals surface area contributed by atoms with Crippen LogP contribution in [0.5, 0.6) is 0 Å². The number of thiazole rings is 1. The lowest BCUT2D eigenvalue weighted by Crippen LogP contribution is -2.42. The summed E-state index contributed by atoms with van der Waals surface area (Å²) in [6.07, 6.45) is 2.93. The minimum atomic E-state index is -0.386. The van der Waals surface area contributed by atoms with E-state index in [0.717, 1.165) is 19.4 Å². The van der Waals surface area contributed by atoms with Gasteiger partial charge < -0.3 is 10.0 Å². The van der Waals surface area contributed by atoms with E-state index in [2.05, 4.69) is 20.2 Å². The van der Waals surface area contributed by atoms with E-state index in [9.17, 15) is 9.90 Å². The Bertz CT molecular complexity index is 652. The highest BCUT2D eigenvalue weighted by Gasteiger charge is 2.29. The molecule has 8 heteroatoms. The van der Waals surface area contributed by atoms with Crippen LogP contribution in [0.25, 0.3) is 10.8 Å². The molecule has 1 amide bonds. The molecule has 2 N–H and O–H groups in total. The van der Waals surface area contributed by atoms with Gasteiger partial charge in [-0.3, -0.25) is 9.89 Å². The smallest absolute Gasteiger partial charge is 0.265 e. The van der Waals surface area contributed by atoms with E-state index in [0.29, 0.717) is 27.9 Å². The molecule has 7 nitrogen and oxygen atoms in total. The fourth-order valence-electron chi connectivity index (χ4n) is 2.74. The first kappa shape index (κ1) is 15.1. The van der Waals surface area contributed by atoms with Crippen LogP contribution in [-0.4, -0.2) is 55.3 Å². The van der Waals surface area contributed by atoms with Crippen molar-refractivity contribution in [3.8, 4) is 10.8 Å². The largest absolute Gasteiger partial charge is 0.393 e. The maximum atomic E-state index is 12.7. The molecule has 0 spiro atoms. The number of carbonyl (C=O) groups excluding carboxylic acids is 1.